The van der Waals surface area contributed by atoms with Crippen LogP contribution in [0, 0.1) is 5.82 Å². The molecule has 0 spiro atoms. The van der Waals surface area contributed by atoms with Gasteiger partial charge in [-0.3, -0.25) is 9.59 Å². The standard InChI is InChI=1S/C20H18FN3O2S/c21-14-7-3-4-8-15(14)23-20-24-19(26)17(27-20)11-16(25)18-13-6-2-1-5-12(13)9-10-22-18/h1-5,7-8,17,22H,6,9-11H2,(H,23,24,26). The van der Waals surface area contributed by atoms with Crippen LogP contribution in [-0.2, 0) is 9.59 Å². The highest BCUT2D eigenvalue weighted by atomic mass is 32.2. The molecule has 5 nitrogen and oxygen atoms in total. The zero-order chi connectivity index (χ0) is 18.8. The van der Waals surface area contributed by atoms with Crippen molar-refractivity contribution < 1.29 is 14.0 Å². The van der Waals surface area contributed by atoms with Crippen LogP contribution in [0.3, 0.4) is 0 Å². The number of nitrogens with one attached hydrogen (secondary N) is 2. The fourth-order valence-electron chi connectivity index (χ4n) is 3.31. The molecule has 3 aliphatic rings. The molecule has 1 fully saturated rings. The van der Waals surface area contributed by atoms with Crippen LogP contribution in [0.15, 0.2) is 64.3 Å². The minimum absolute atomic E-state index is 0.0781. The van der Waals surface area contributed by atoms with Gasteiger partial charge < -0.3 is 10.6 Å². The number of aliphatic imine (C=N–C) groups is 1. The molecule has 1 amide bonds. The molecule has 1 aromatic carbocycles. The molecule has 1 unspecified atom stereocenters. The molecule has 1 aromatic rings. The van der Waals surface area contributed by atoms with Crippen molar-refractivity contribution >= 4 is 34.3 Å². The van der Waals surface area contributed by atoms with Crippen molar-refractivity contribution in [3.05, 3.63) is 65.2 Å². The van der Waals surface area contributed by atoms with Gasteiger partial charge in [-0.2, -0.15) is 0 Å². The van der Waals surface area contributed by atoms with Gasteiger partial charge >= 0.3 is 0 Å². The minimum atomic E-state index is -0.564. The average Bonchev–Trinajstić information content (AvgIpc) is 3.02. The van der Waals surface area contributed by atoms with Gasteiger partial charge in [0.15, 0.2) is 11.0 Å². The van der Waals surface area contributed by atoms with Gasteiger partial charge in [0, 0.05) is 13.0 Å². The third kappa shape index (κ3) is 3.73. The maximum atomic E-state index is 13.7. The van der Waals surface area contributed by atoms with E-state index in [-0.39, 0.29) is 23.8 Å². The van der Waals surface area contributed by atoms with E-state index in [1.54, 1.807) is 12.1 Å². The molecule has 7 heteroatoms. The largest absolute Gasteiger partial charge is 0.382 e. The first-order chi connectivity index (χ1) is 13.1. The molecule has 0 saturated carbocycles. The molecule has 138 valence electrons. The number of ketones is 1. The number of amides is 1. The smallest absolute Gasteiger partial charge is 0.240 e. The number of carbonyl (C=O) groups is 2. The van der Waals surface area contributed by atoms with Gasteiger partial charge in [-0.25, -0.2) is 9.38 Å². The van der Waals surface area contributed by atoms with Gasteiger partial charge in [-0.15, -0.1) is 0 Å². The van der Waals surface area contributed by atoms with Crippen LogP contribution in [0.5, 0.6) is 0 Å². The summed E-state index contributed by atoms with van der Waals surface area (Å²) in [5, 5.41) is 5.59. The SMILES string of the molecule is O=C(CC1SC(=Nc2ccccc2F)NC1=O)C1=C2CC=CC=C2CCN1. The van der Waals surface area contributed by atoms with Crippen molar-refractivity contribution in [2.24, 2.45) is 4.99 Å². The number of halogens is 1. The average molecular weight is 383 g/mol. The Kier molecular flexibility index (Phi) is 4.94. The molecule has 1 atom stereocenters. The summed E-state index contributed by atoms with van der Waals surface area (Å²) in [6.07, 6.45) is 7.78. The van der Waals surface area contributed by atoms with Gasteiger partial charge in [0.1, 0.15) is 11.5 Å². The first kappa shape index (κ1) is 17.7. The Morgan fingerprint density at radius 1 is 1.33 bits per heavy atom. The summed E-state index contributed by atoms with van der Waals surface area (Å²) >= 11 is 1.17. The zero-order valence-electron chi connectivity index (χ0n) is 14.5. The van der Waals surface area contributed by atoms with E-state index in [0.29, 0.717) is 17.4 Å². The molecule has 4 rings (SSSR count). The minimum Gasteiger partial charge on any atom is -0.382 e. The summed E-state index contributed by atoms with van der Waals surface area (Å²) in [6, 6.07) is 6.11. The predicted octanol–water partition coefficient (Wildman–Crippen LogP) is 3.14. The molecule has 2 N–H and O–H groups in total. The normalized spacial score (nSPS) is 23.0. The lowest BCUT2D eigenvalue weighted by Crippen LogP contribution is -2.32. The first-order valence-corrected chi connectivity index (χ1v) is 9.67. The quantitative estimate of drug-likeness (QED) is 0.838. The maximum absolute atomic E-state index is 13.7. The molecule has 1 saturated heterocycles. The second-order valence-electron chi connectivity index (χ2n) is 6.45. The number of thioether (sulfide) groups is 1. The van der Waals surface area contributed by atoms with Gasteiger partial charge in [0.2, 0.25) is 5.91 Å². The molecule has 2 aliphatic heterocycles. The van der Waals surface area contributed by atoms with E-state index in [2.05, 4.69) is 15.6 Å². The lowest BCUT2D eigenvalue weighted by molar-refractivity contribution is -0.122. The first-order valence-electron chi connectivity index (χ1n) is 8.79. The highest BCUT2D eigenvalue weighted by molar-refractivity contribution is 8.15. The van der Waals surface area contributed by atoms with E-state index < -0.39 is 11.1 Å². The number of nitrogens with zero attached hydrogens (tertiary/aromatic N) is 1. The summed E-state index contributed by atoms with van der Waals surface area (Å²) in [7, 11) is 0. The van der Waals surface area contributed by atoms with Crippen LogP contribution in [0.1, 0.15) is 19.3 Å². The number of rotatable bonds is 4. The molecular weight excluding hydrogens is 365 g/mol. The van der Waals surface area contributed by atoms with Gasteiger partial charge in [0.25, 0.3) is 0 Å². The Morgan fingerprint density at radius 3 is 3.04 bits per heavy atom. The lowest BCUT2D eigenvalue weighted by Gasteiger charge is -2.25. The summed E-state index contributed by atoms with van der Waals surface area (Å²) < 4.78 is 13.7. The monoisotopic (exact) mass is 383 g/mol. The van der Waals surface area contributed by atoms with Crippen LogP contribution in [0.2, 0.25) is 0 Å². The third-order valence-corrected chi connectivity index (χ3v) is 5.72. The van der Waals surface area contributed by atoms with Gasteiger partial charge in [-0.05, 0) is 36.1 Å². The van der Waals surface area contributed by atoms with Crippen molar-refractivity contribution in [3.8, 4) is 0 Å². The number of hydrogen-bond donors (Lipinski definition) is 2. The van der Waals surface area contributed by atoms with Crippen molar-refractivity contribution in [2.45, 2.75) is 24.5 Å². The highest BCUT2D eigenvalue weighted by Crippen LogP contribution is 2.31. The van der Waals surface area contributed by atoms with Crippen LogP contribution < -0.4 is 10.6 Å². The number of fused-ring (bicyclic) bond motifs is 1. The Hall–Kier alpha value is -2.67. The van der Waals surface area contributed by atoms with E-state index in [4.69, 9.17) is 0 Å². The van der Waals surface area contributed by atoms with Crippen LogP contribution in [0.25, 0.3) is 0 Å². The second kappa shape index (κ2) is 7.52. The van der Waals surface area contributed by atoms with E-state index in [9.17, 15) is 14.0 Å². The van der Waals surface area contributed by atoms with E-state index in [1.165, 1.54) is 29.5 Å². The lowest BCUT2D eigenvalue weighted by atomic mass is 9.89. The number of carbonyl (C=O) groups excluding carboxylic acids is 2. The van der Waals surface area contributed by atoms with E-state index in [1.807, 2.05) is 18.2 Å². The number of benzene rings is 1. The van der Waals surface area contributed by atoms with Crippen LogP contribution in [0.4, 0.5) is 10.1 Å². The van der Waals surface area contributed by atoms with Crippen molar-refractivity contribution in [3.63, 3.8) is 0 Å². The van der Waals surface area contributed by atoms with Crippen molar-refractivity contribution in [1.82, 2.24) is 10.6 Å². The summed E-state index contributed by atoms with van der Waals surface area (Å²) in [4.78, 5) is 29.2. The molecule has 0 aromatic heterocycles. The molecule has 2 heterocycles. The number of para-hydroxylation sites is 1. The number of amidine groups is 1. The summed E-state index contributed by atoms with van der Waals surface area (Å²) in [6.45, 7) is 0.717. The summed E-state index contributed by atoms with van der Waals surface area (Å²) in [5.41, 5.74) is 2.99. The van der Waals surface area contributed by atoms with Crippen molar-refractivity contribution in [1.29, 1.82) is 0 Å². The molecule has 0 radical (unpaired) electrons. The third-order valence-electron chi connectivity index (χ3n) is 4.64. The maximum Gasteiger partial charge on any atom is 0.240 e. The molecular formula is C20H18FN3O2S. The Balaban J connectivity index is 1.49. The van der Waals surface area contributed by atoms with Gasteiger partial charge in [-0.1, -0.05) is 42.1 Å². The van der Waals surface area contributed by atoms with Crippen LogP contribution >= 0.6 is 11.8 Å². The van der Waals surface area contributed by atoms with Crippen molar-refractivity contribution in [2.75, 3.05) is 6.54 Å². The van der Waals surface area contributed by atoms with Gasteiger partial charge in [0.05, 0.1) is 10.9 Å². The zero-order valence-corrected chi connectivity index (χ0v) is 15.3. The molecule has 0 bridgehead atoms. The second-order valence-corrected chi connectivity index (χ2v) is 7.64. The highest BCUT2D eigenvalue weighted by Gasteiger charge is 2.34. The molecule has 27 heavy (non-hydrogen) atoms. The number of hydrogen-bond acceptors (Lipinski definition) is 5. The number of allylic oxidation sites excluding steroid dienone is 5. The van der Waals surface area contributed by atoms with E-state index in [0.717, 1.165) is 18.4 Å². The summed E-state index contributed by atoms with van der Waals surface area (Å²) in [5.74, 6) is -0.808. The van der Waals surface area contributed by atoms with Crippen LogP contribution in [-0.4, -0.2) is 28.7 Å². The Labute approximate surface area is 160 Å². The fraction of sp³-hybridized carbons (Fsp3) is 0.250. The number of Topliss-reactive ketones (excluding diaryl/α,β-unsaturated/α-hetero) is 1. The fourth-order valence-corrected chi connectivity index (χ4v) is 4.29. The predicted molar refractivity (Wildman–Crippen MR) is 104 cm³/mol. The molecule has 1 aliphatic carbocycles. The Bertz CT molecular complexity index is 933. The Morgan fingerprint density at radius 2 is 2.19 bits per heavy atom. The topological polar surface area (TPSA) is 70.6 Å². The van der Waals surface area contributed by atoms with E-state index >= 15 is 0 Å².